The number of aryl methyl sites for hydroxylation is 2. The van der Waals surface area contributed by atoms with Crippen molar-refractivity contribution in [2.24, 2.45) is 11.8 Å². The smallest absolute Gasteiger partial charge is 0.415 e. The van der Waals surface area contributed by atoms with E-state index in [4.69, 9.17) is 21.1 Å². The number of Topliss-reactive ketones (excluding diaryl/α,β-unsaturated/α-hetero) is 2. The highest BCUT2D eigenvalue weighted by Gasteiger charge is 2.40. The van der Waals surface area contributed by atoms with Gasteiger partial charge in [0.05, 0.1) is 0 Å². The van der Waals surface area contributed by atoms with Crippen LogP contribution < -0.4 is 9.47 Å². The predicted molar refractivity (Wildman–Crippen MR) is 164 cm³/mol. The number of halogens is 1. The first-order valence-electron chi connectivity index (χ1n) is 13.6. The molecule has 216 valence electrons. The molecule has 0 spiro atoms. The van der Waals surface area contributed by atoms with E-state index in [-0.39, 0.29) is 29.9 Å². The molecule has 1 amide bonds. The molecule has 0 unspecified atom stereocenters. The van der Waals surface area contributed by atoms with Gasteiger partial charge in [-0.1, -0.05) is 35.9 Å². The van der Waals surface area contributed by atoms with Gasteiger partial charge in [0.25, 0.3) is 0 Å². The Kier molecular flexibility index (Phi) is 9.50. The molecule has 0 radical (unpaired) electrons. The van der Waals surface area contributed by atoms with E-state index >= 15 is 0 Å². The SMILES string of the molecule is CSc1ccc(C(=O)[C@H]2CN(C(=O)Oc3ccc(Cl)cc3)C[C@@H]2Cc2cc(C)c(OC(C)(C)C(C)=O)c(C)c2)cc1. The molecule has 41 heavy (non-hydrogen) atoms. The first kappa shape index (κ1) is 30.7. The minimum atomic E-state index is -0.934. The van der Waals surface area contributed by atoms with Crippen molar-refractivity contribution >= 4 is 41.0 Å². The van der Waals surface area contributed by atoms with Gasteiger partial charge in [-0.2, -0.15) is 0 Å². The van der Waals surface area contributed by atoms with Crippen LogP contribution in [0, 0.1) is 25.7 Å². The number of hydrogen-bond acceptors (Lipinski definition) is 6. The van der Waals surface area contributed by atoms with Crippen LogP contribution in [0.1, 0.15) is 47.8 Å². The number of thioether (sulfide) groups is 1. The van der Waals surface area contributed by atoms with E-state index in [0.29, 0.717) is 35.1 Å². The molecule has 1 aliphatic rings. The minimum Gasteiger partial charge on any atom is -0.480 e. The predicted octanol–water partition coefficient (Wildman–Crippen LogP) is 7.60. The van der Waals surface area contributed by atoms with Crippen LogP contribution in [0.3, 0.4) is 0 Å². The summed E-state index contributed by atoms with van der Waals surface area (Å²) in [6, 6.07) is 18.3. The first-order valence-corrected chi connectivity index (χ1v) is 15.2. The van der Waals surface area contributed by atoms with Crippen molar-refractivity contribution in [3.05, 3.63) is 87.9 Å². The zero-order chi connectivity index (χ0) is 29.9. The van der Waals surface area contributed by atoms with Crippen molar-refractivity contribution in [3.8, 4) is 11.5 Å². The molecule has 6 nitrogen and oxygen atoms in total. The maximum absolute atomic E-state index is 13.8. The Labute approximate surface area is 251 Å². The fourth-order valence-corrected chi connectivity index (χ4v) is 5.64. The maximum atomic E-state index is 13.8. The maximum Gasteiger partial charge on any atom is 0.415 e. The summed E-state index contributed by atoms with van der Waals surface area (Å²) in [7, 11) is 0. The lowest BCUT2D eigenvalue weighted by Gasteiger charge is -2.26. The summed E-state index contributed by atoms with van der Waals surface area (Å²) < 4.78 is 11.7. The molecule has 8 heteroatoms. The number of amides is 1. The van der Waals surface area contributed by atoms with Crippen molar-refractivity contribution < 1.29 is 23.9 Å². The average molecular weight is 594 g/mol. The van der Waals surface area contributed by atoms with Crippen LogP contribution in [0.4, 0.5) is 4.79 Å². The second-order valence-electron chi connectivity index (χ2n) is 11.1. The molecule has 0 N–H and O–H groups in total. The van der Waals surface area contributed by atoms with Crippen molar-refractivity contribution in [2.75, 3.05) is 19.3 Å². The van der Waals surface area contributed by atoms with Gasteiger partial charge in [-0.15, -0.1) is 11.8 Å². The molecule has 3 aromatic rings. The van der Waals surface area contributed by atoms with Gasteiger partial charge < -0.3 is 14.4 Å². The van der Waals surface area contributed by atoms with Crippen molar-refractivity contribution in [1.82, 2.24) is 4.90 Å². The van der Waals surface area contributed by atoms with Crippen molar-refractivity contribution in [1.29, 1.82) is 0 Å². The van der Waals surface area contributed by atoms with Crippen LogP contribution in [0.25, 0.3) is 0 Å². The summed E-state index contributed by atoms with van der Waals surface area (Å²) in [6.07, 6.45) is 2.10. The highest BCUT2D eigenvalue weighted by Crippen LogP contribution is 2.34. The number of carbonyl (C=O) groups excluding carboxylic acids is 3. The molecule has 0 bridgehead atoms. The molecule has 1 saturated heterocycles. The second-order valence-corrected chi connectivity index (χ2v) is 12.4. The average Bonchev–Trinajstić information content (AvgIpc) is 3.35. The summed E-state index contributed by atoms with van der Waals surface area (Å²) in [5, 5.41) is 0.552. The Balaban J connectivity index is 1.59. The summed E-state index contributed by atoms with van der Waals surface area (Å²) >= 11 is 7.59. The largest absolute Gasteiger partial charge is 0.480 e. The molecule has 0 aromatic heterocycles. The van der Waals surface area contributed by atoms with Gasteiger partial charge in [0.2, 0.25) is 0 Å². The lowest BCUT2D eigenvalue weighted by Crippen LogP contribution is -2.36. The number of nitrogens with zero attached hydrogens (tertiary/aromatic N) is 1. The van der Waals surface area contributed by atoms with Gasteiger partial charge in [0, 0.05) is 34.5 Å². The summed E-state index contributed by atoms with van der Waals surface area (Å²) in [6.45, 7) is 9.63. The molecule has 2 atom stereocenters. The molecule has 1 aliphatic heterocycles. The zero-order valence-corrected chi connectivity index (χ0v) is 25.9. The van der Waals surface area contributed by atoms with E-state index in [1.54, 1.807) is 54.8 Å². The van der Waals surface area contributed by atoms with Crippen molar-refractivity contribution in [3.63, 3.8) is 0 Å². The highest BCUT2D eigenvalue weighted by atomic mass is 35.5. The lowest BCUT2D eigenvalue weighted by molar-refractivity contribution is -0.129. The summed E-state index contributed by atoms with van der Waals surface area (Å²) in [5.41, 5.74) is 2.58. The number of hydrogen-bond donors (Lipinski definition) is 0. The Morgan fingerprint density at radius 1 is 0.976 bits per heavy atom. The first-order chi connectivity index (χ1) is 19.4. The standard InChI is InChI=1S/C33H36ClNO5S/c1-20-15-23(16-21(2)31(20)40-33(4,5)22(3)36)17-25-18-35(32(38)39-27-11-9-26(34)10-12-27)19-29(25)30(37)24-7-13-28(41-6)14-8-24/h7-16,25,29H,17-19H2,1-6H3/t25-,29-/m0/s1. The summed E-state index contributed by atoms with van der Waals surface area (Å²) in [5.74, 6) is 0.550. The molecule has 3 aromatic carbocycles. The lowest BCUT2D eigenvalue weighted by atomic mass is 9.84. The fraction of sp³-hybridized carbons (Fsp3) is 0.364. The van der Waals surface area contributed by atoms with E-state index in [1.165, 1.54) is 6.92 Å². The van der Waals surface area contributed by atoms with Crippen LogP contribution in [0.2, 0.25) is 5.02 Å². The zero-order valence-electron chi connectivity index (χ0n) is 24.3. The number of rotatable bonds is 9. The number of likely N-dealkylation sites (tertiary alicyclic amines) is 1. The number of ketones is 2. The molecule has 0 aliphatic carbocycles. The van der Waals surface area contributed by atoms with E-state index in [2.05, 4.69) is 0 Å². The molecule has 1 heterocycles. The van der Waals surface area contributed by atoms with E-state index in [0.717, 1.165) is 21.6 Å². The molecule has 4 rings (SSSR count). The monoisotopic (exact) mass is 593 g/mol. The Hall–Kier alpha value is -3.29. The van der Waals surface area contributed by atoms with Crippen LogP contribution in [-0.4, -0.2) is 47.5 Å². The number of carbonyl (C=O) groups is 3. The van der Waals surface area contributed by atoms with Crippen LogP contribution >= 0.6 is 23.4 Å². The van der Waals surface area contributed by atoms with E-state index in [1.807, 2.05) is 56.5 Å². The van der Waals surface area contributed by atoms with Crippen molar-refractivity contribution in [2.45, 2.75) is 51.5 Å². The molecule has 0 saturated carbocycles. The van der Waals surface area contributed by atoms with Crippen LogP contribution in [0.15, 0.2) is 65.6 Å². The Morgan fingerprint density at radius 3 is 2.15 bits per heavy atom. The third-order valence-electron chi connectivity index (χ3n) is 7.65. The van der Waals surface area contributed by atoms with Crippen LogP contribution in [0.5, 0.6) is 11.5 Å². The quantitative estimate of drug-likeness (QED) is 0.188. The van der Waals surface area contributed by atoms with Gasteiger partial charge >= 0.3 is 6.09 Å². The molecule has 1 fully saturated rings. The van der Waals surface area contributed by atoms with Gasteiger partial charge in [-0.25, -0.2) is 4.79 Å². The van der Waals surface area contributed by atoms with Gasteiger partial charge in [0.1, 0.15) is 11.5 Å². The topological polar surface area (TPSA) is 72.9 Å². The Morgan fingerprint density at radius 2 is 1.59 bits per heavy atom. The number of ether oxygens (including phenoxy) is 2. The minimum absolute atomic E-state index is 0.0149. The van der Waals surface area contributed by atoms with Gasteiger partial charge in [-0.3, -0.25) is 9.59 Å². The highest BCUT2D eigenvalue weighted by molar-refractivity contribution is 7.98. The number of benzene rings is 3. The van der Waals surface area contributed by atoms with E-state index < -0.39 is 11.7 Å². The molecular weight excluding hydrogens is 558 g/mol. The third-order valence-corrected chi connectivity index (χ3v) is 8.65. The van der Waals surface area contributed by atoms with Gasteiger partial charge in [-0.05, 0) is 106 Å². The third kappa shape index (κ3) is 7.32. The molecular formula is C33H36ClNO5S. The fourth-order valence-electron chi connectivity index (χ4n) is 5.11. The normalized spacial score (nSPS) is 16.9. The van der Waals surface area contributed by atoms with Gasteiger partial charge in [0.15, 0.2) is 17.2 Å². The summed E-state index contributed by atoms with van der Waals surface area (Å²) in [4.78, 5) is 41.7. The Bertz CT molecular complexity index is 1410. The second kappa shape index (κ2) is 12.7. The van der Waals surface area contributed by atoms with Crippen LogP contribution in [-0.2, 0) is 11.2 Å². The van der Waals surface area contributed by atoms with E-state index in [9.17, 15) is 14.4 Å².